The number of piperidine rings is 1. The number of halogens is 1. The van der Waals surface area contributed by atoms with Crippen molar-refractivity contribution in [1.82, 2.24) is 14.7 Å². The zero-order valence-corrected chi connectivity index (χ0v) is 15.6. The number of carbonyl (C=O) groups excluding carboxylic acids is 1. The molecule has 1 amide bonds. The number of carboxylic acid groups (broad SMARTS) is 1. The van der Waals surface area contributed by atoms with Crippen molar-refractivity contribution in [3.8, 4) is 5.69 Å². The van der Waals surface area contributed by atoms with Crippen LogP contribution in [0.4, 0.5) is 4.39 Å². The highest BCUT2D eigenvalue weighted by atomic mass is 19.1. The summed E-state index contributed by atoms with van der Waals surface area (Å²) in [7, 11) is 0. The van der Waals surface area contributed by atoms with Gasteiger partial charge in [-0.2, -0.15) is 5.10 Å². The molecule has 0 saturated carbocycles. The zero-order chi connectivity index (χ0) is 20.1. The van der Waals surface area contributed by atoms with Crippen molar-refractivity contribution in [3.63, 3.8) is 0 Å². The van der Waals surface area contributed by atoms with Gasteiger partial charge in [0, 0.05) is 37.2 Å². The van der Waals surface area contributed by atoms with Crippen molar-refractivity contribution in [2.75, 3.05) is 13.1 Å². The van der Waals surface area contributed by atoms with E-state index in [-0.39, 0.29) is 37.7 Å². The number of aliphatic hydroxyl groups is 1. The molecule has 0 bridgehead atoms. The van der Waals surface area contributed by atoms with Crippen LogP contribution in [-0.4, -0.2) is 55.5 Å². The molecule has 0 unspecified atom stereocenters. The monoisotopic (exact) mass is 387 g/mol. The molecule has 7 nitrogen and oxygen atoms in total. The number of aromatic nitrogens is 2. The second-order valence-electron chi connectivity index (χ2n) is 7.62. The van der Waals surface area contributed by atoms with Crippen LogP contribution in [0.25, 0.3) is 5.69 Å². The Morgan fingerprint density at radius 1 is 1.21 bits per heavy atom. The molecule has 0 radical (unpaired) electrons. The number of amides is 1. The van der Waals surface area contributed by atoms with Gasteiger partial charge >= 0.3 is 5.97 Å². The quantitative estimate of drug-likeness (QED) is 0.838. The Morgan fingerprint density at radius 3 is 2.57 bits per heavy atom. The summed E-state index contributed by atoms with van der Waals surface area (Å²) in [5, 5.41) is 23.7. The van der Waals surface area contributed by atoms with Gasteiger partial charge in [0.05, 0.1) is 0 Å². The lowest BCUT2D eigenvalue weighted by Gasteiger charge is -2.35. The fourth-order valence-electron chi connectivity index (χ4n) is 4.04. The average Bonchev–Trinajstić information content (AvgIpc) is 3.25. The van der Waals surface area contributed by atoms with Crippen LogP contribution in [0, 0.1) is 12.7 Å². The predicted octanol–water partition coefficient (Wildman–Crippen LogP) is 1.86. The van der Waals surface area contributed by atoms with E-state index >= 15 is 0 Å². The average molecular weight is 387 g/mol. The molecule has 1 fully saturated rings. The lowest BCUT2D eigenvalue weighted by atomic mass is 9.91. The standard InChI is InChI=1S/C20H22FN3O4/c1-12-5-6-16(14(21)11-12)24-15-4-2-3-13(15)17(22-24)18(25)23-9-7-20(28,8-10-23)19(26)27/h5-6,11,28H,2-4,7-10H2,1H3,(H,26,27). The first-order valence-electron chi connectivity index (χ1n) is 9.42. The first-order valence-corrected chi connectivity index (χ1v) is 9.42. The largest absolute Gasteiger partial charge is 0.479 e. The summed E-state index contributed by atoms with van der Waals surface area (Å²) in [6.07, 6.45) is 2.26. The van der Waals surface area contributed by atoms with Crippen molar-refractivity contribution in [2.24, 2.45) is 0 Å². The number of aliphatic carboxylic acids is 1. The second-order valence-corrected chi connectivity index (χ2v) is 7.62. The van der Waals surface area contributed by atoms with E-state index in [1.165, 1.54) is 15.6 Å². The van der Waals surface area contributed by atoms with E-state index < -0.39 is 11.6 Å². The van der Waals surface area contributed by atoms with Crippen LogP contribution in [0.3, 0.4) is 0 Å². The van der Waals surface area contributed by atoms with Gasteiger partial charge in [-0.1, -0.05) is 6.07 Å². The Balaban J connectivity index is 1.64. The van der Waals surface area contributed by atoms with Gasteiger partial charge in [-0.25, -0.2) is 13.9 Å². The van der Waals surface area contributed by atoms with E-state index in [0.29, 0.717) is 17.8 Å². The number of hydrogen-bond acceptors (Lipinski definition) is 4. The van der Waals surface area contributed by atoms with Gasteiger partial charge in [0.2, 0.25) is 0 Å². The van der Waals surface area contributed by atoms with Crippen LogP contribution in [0.1, 0.15) is 46.6 Å². The first-order chi connectivity index (χ1) is 13.3. The van der Waals surface area contributed by atoms with Crippen LogP contribution >= 0.6 is 0 Å². The van der Waals surface area contributed by atoms with E-state index in [1.54, 1.807) is 12.1 Å². The summed E-state index contributed by atoms with van der Waals surface area (Å²) in [6, 6.07) is 4.91. The number of aryl methyl sites for hydroxylation is 1. The van der Waals surface area contributed by atoms with Crippen molar-refractivity contribution in [2.45, 2.75) is 44.6 Å². The van der Waals surface area contributed by atoms with Crippen molar-refractivity contribution in [3.05, 3.63) is 46.5 Å². The summed E-state index contributed by atoms with van der Waals surface area (Å²) < 4.78 is 16.0. The topological polar surface area (TPSA) is 95.7 Å². The fourth-order valence-corrected chi connectivity index (χ4v) is 4.04. The van der Waals surface area contributed by atoms with Gasteiger partial charge in [0.25, 0.3) is 5.91 Å². The number of likely N-dealkylation sites (tertiary alicyclic amines) is 1. The lowest BCUT2D eigenvalue weighted by Crippen LogP contribution is -2.51. The number of rotatable bonds is 3. The van der Waals surface area contributed by atoms with E-state index in [1.807, 2.05) is 6.92 Å². The van der Waals surface area contributed by atoms with Gasteiger partial charge in [-0.3, -0.25) is 4.79 Å². The van der Waals surface area contributed by atoms with Crippen molar-refractivity contribution >= 4 is 11.9 Å². The molecule has 0 spiro atoms. The van der Waals surface area contributed by atoms with Gasteiger partial charge in [0.15, 0.2) is 11.3 Å². The molecule has 1 aromatic heterocycles. The summed E-state index contributed by atoms with van der Waals surface area (Å²) in [6.45, 7) is 2.09. The number of benzene rings is 1. The highest BCUT2D eigenvalue weighted by Crippen LogP contribution is 2.31. The van der Waals surface area contributed by atoms with E-state index in [0.717, 1.165) is 29.7 Å². The van der Waals surface area contributed by atoms with Crippen LogP contribution in [0.2, 0.25) is 0 Å². The Labute approximate surface area is 161 Å². The molecule has 1 aliphatic carbocycles. The van der Waals surface area contributed by atoms with Crippen molar-refractivity contribution in [1.29, 1.82) is 0 Å². The van der Waals surface area contributed by atoms with Crippen LogP contribution < -0.4 is 0 Å². The van der Waals surface area contributed by atoms with Crippen LogP contribution in [-0.2, 0) is 17.6 Å². The van der Waals surface area contributed by atoms with E-state index in [9.17, 15) is 19.1 Å². The number of fused-ring (bicyclic) bond motifs is 1. The summed E-state index contributed by atoms with van der Waals surface area (Å²) in [5.41, 5.74) is 1.33. The Kier molecular flexibility index (Phi) is 4.45. The minimum Gasteiger partial charge on any atom is -0.479 e. The number of hydrogen-bond donors (Lipinski definition) is 2. The highest BCUT2D eigenvalue weighted by Gasteiger charge is 2.41. The maximum Gasteiger partial charge on any atom is 0.335 e. The first kappa shape index (κ1) is 18.6. The van der Waals surface area contributed by atoms with Gasteiger partial charge in [-0.15, -0.1) is 0 Å². The molecule has 1 aliphatic heterocycles. The zero-order valence-electron chi connectivity index (χ0n) is 15.6. The molecule has 2 aromatic rings. The summed E-state index contributed by atoms with van der Waals surface area (Å²) in [5.74, 6) is -1.95. The third-order valence-electron chi connectivity index (χ3n) is 5.74. The minimum absolute atomic E-state index is 0.0242. The Hall–Kier alpha value is -2.74. The van der Waals surface area contributed by atoms with Gasteiger partial charge < -0.3 is 15.1 Å². The molecule has 2 aliphatic rings. The molecule has 148 valence electrons. The molecule has 28 heavy (non-hydrogen) atoms. The normalized spacial score (nSPS) is 18.2. The fraction of sp³-hybridized carbons (Fsp3) is 0.450. The third-order valence-corrected chi connectivity index (χ3v) is 5.74. The lowest BCUT2D eigenvalue weighted by molar-refractivity contribution is -0.162. The summed E-state index contributed by atoms with van der Waals surface area (Å²) in [4.78, 5) is 25.8. The number of nitrogens with zero attached hydrogens (tertiary/aromatic N) is 3. The second kappa shape index (κ2) is 6.70. The van der Waals surface area contributed by atoms with Crippen molar-refractivity contribution < 1.29 is 24.2 Å². The maximum absolute atomic E-state index is 14.5. The van der Waals surface area contributed by atoms with E-state index in [2.05, 4.69) is 5.10 Å². The SMILES string of the molecule is Cc1ccc(-n2nc(C(=O)N3CCC(O)(C(=O)O)CC3)c3c2CCC3)c(F)c1. The minimum atomic E-state index is -1.79. The van der Waals surface area contributed by atoms with Crippen LogP contribution in [0.5, 0.6) is 0 Å². The molecule has 1 saturated heterocycles. The molecular formula is C20H22FN3O4. The third kappa shape index (κ3) is 2.97. The molecule has 4 rings (SSSR count). The molecule has 2 heterocycles. The maximum atomic E-state index is 14.5. The number of carboxylic acids is 1. The Bertz CT molecular complexity index is 961. The van der Waals surface area contributed by atoms with E-state index in [4.69, 9.17) is 5.11 Å². The van der Waals surface area contributed by atoms with Crippen LogP contribution in [0.15, 0.2) is 18.2 Å². The smallest absolute Gasteiger partial charge is 0.335 e. The summed E-state index contributed by atoms with van der Waals surface area (Å²) >= 11 is 0. The molecule has 1 aromatic carbocycles. The van der Waals surface area contributed by atoms with Gasteiger partial charge in [-0.05, 0) is 43.9 Å². The molecule has 0 atom stereocenters. The van der Waals surface area contributed by atoms with Gasteiger partial charge in [0.1, 0.15) is 11.5 Å². The molecular weight excluding hydrogens is 365 g/mol. The Morgan fingerprint density at radius 2 is 1.93 bits per heavy atom. The highest BCUT2D eigenvalue weighted by molar-refractivity contribution is 5.94. The molecule has 2 N–H and O–H groups in total. The number of carbonyl (C=O) groups is 2. The predicted molar refractivity (Wildman–Crippen MR) is 98.0 cm³/mol. The molecule has 8 heteroatoms.